The molecule has 2 aliphatic heterocycles. The summed E-state index contributed by atoms with van der Waals surface area (Å²) in [5.74, 6) is 0.633. The highest BCUT2D eigenvalue weighted by Gasteiger charge is 2.48. The fraction of sp³-hybridized carbons (Fsp3) is 0.435. The summed E-state index contributed by atoms with van der Waals surface area (Å²) in [6.45, 7) is 2.85. The minimum Gasteiger partial charge on any atom is -0.392 e. The van der Waals surface area contributed by atoms with E-state index in [9.17, 15) is 25.1 Å². The number of nitriles is 1. The Labute approximate surface area is 191 Å². The van der Waals surface area contributed by atoms with Crippen molar-refractivity contribution in [3.63, 3.8) is 0 Å². The fourth-order valence-corrected chi connectivity index (χ4v) is 4.73. The van der Waals surface area contributed by atoms with Crippen LogP contribution in [0.15, 0.2) is 18.3 Å². The maximum atomic E-state index is 13.0. The third-order valence-corrected chi connectivity index (χ3v) is 6.71. The molecule has 2 amide bonds. The molecular weight excluding hydrogens is 424 g/mol. The number of amides is 2. The number of carbonyl (C=O) groups excluding carboxylic acids is 2. The number of hydrogen-bond acceptors (Lipinski definition) is 8. The molecule has 4 heterocycles. The molecule has 4 rings (SSSR count). The molecule has 1 atom stereocenters. The van der Waals surface area contributed by atoms with Gasteiger partial charge < -0.3 is 20.8 Å². The first kappa shape index (κ1) is 22.8. The quantitative estimate of drug-likeness (QED) is 0.469. The van der Waals surface area contributed by atoms with Crippen molar-refractivity contribution in [1.29, 1.82) is 5.26 Å². The Bertz CT molecular complexity index is 1150. The van der Waals surface area contributed by atoms with Gasteiger partial charge in [-0.1, -0.05) is 0 Å². The average molecular weight is 452 g/mol. The number of hydrogen-bond donors (Lipinski definition) is 3. The van der Waals surface area contributed by atoms with Gasteiger partial charge in [0.2, 0.25) is 11.6 Å². The molecule has 1 saturated heterocycles. The highest BCUT2D eigenvalue weighted by Crippen LogP contribution is 2.41. The summed E-state index contributed by atoms with van der Waals surface area (Å²) < 4.78 is -0.480. The van der Waals surface area contributed by atoms with Crippen LogP contribution in [0.25, 0.3) is 0 Å². The lowest BCUT2D eigenvalue weighted by molar-refractivity contribution is 0.0351. The molecule has 2 aromatic rings. The molecule has 1 unspecified atom stereocenters. The van der Waals surface area contributed by atoms with E-state index in [0.29, 0.717) is 80.1 Å². The van der Waals surface area contributed by atoms with E-state index in [1.165, 1.54) is 6.20 Å². The molecule has 33 heavy (non-hydrogen) atoms. The van der Waals surface area contributed by atoms with Crippen molar-refractivity contribution in [2.24, 2.45) is 5.73 Å². The van der Waals surface area contributed by atoms with E-state index in [2.05, 4.69) is 16.0 Å². The molecular formula is C23H27N6O4+. The predicted molar refractivity (Wildman–Crippen MR) is 121 cm³/mol. The first-order valence-corrected chi connectivity index (χ1v) is 10.9. The summed E-state index contributed by atoms with van der Waals surface area (Å²) in [4.78, 5) is 35.5. The highest BCUT2D eigenvalue weighted by atomic mass is 16.3. The van der Waals surface area contributed by atoms with Crippen LogP contribution in [0.3, 0.4) is 0 Å². The monoisotopic (exact) mass is 451 g/mol. The lowest BCUT2D eigenvalue weighted by Crippen LogP contribution is -2.56. The number of urea groups is 1. The molecule has 0 bridgehead atoms. The molecule has 10 nitrogen and oxygen atoms in total. The normalized spacial score (nSPS) is 21.7. The lowest BCUT2D eigenvalue weighted by Gasteiger charge is -2.38. The third kappa shape index (κ3) is 3.84. The zero-order valence-corrected chi connectivity index (χ0v) is 18.5. The van der Waals surface area contributed by atoms with E-state index < -0.39 is 16.1 Å². The molecule has 0 saturated carbocycles. The fourth-order valence-electron chi connectivity index (χ4n) is 4.73. The second-order valence-corrected chi connectivity index (χ2v) is 8.92. The van der Waals surface area contributed by atoms with Gasteiger partial charge in [0.25, 0.3) is 0 Å². The zero-order chi connectivity index (χ0) is 23.8. The molecule has 4 N–H and O–H groups in total. The van der Waals surface area contributed by atoms with Gasteiger partial charge in [-0.3, -0.25) is 4.79 Å². The second-order valence-electron chi connectivity index (χ2n) is 8.92. The van der Waals surface area contributed by atoms with E-state index in [-0.39, 0.29) is 12.3 Å². The van der Waals surface area contributed by atoms with Gasteiger partial charge in [0.05, 0.1) is 29.7 Å². The topological polar surface area (TPSA) is 153 Å². The van der Waals surface area contributed by atoms with Crippen molar-refractivity contribution in [1.82, 2.24) is 14.5 Å². The van der Waals surface area contributed by atoms with Crippen LogP contribution in [0.4, 0.5) is 22.1 Å². The van der Waals surface area contributed by atoms with E-state index in [4.69, 9.17) is 5.73 Å². The van der Waals surface area contributed by atoms with E-state index >= 15 is 0 Å². The molecule has 0 spiro atoms. The number of anilines is 1. The molecule has 172 valence electrons. The maximum absolute atomic E-state index is 13.0. The number of quaternary nitrogens is 1. The van der Waals surface area contributed by atoms with Gasteiger partial charge in [-0.25, -0.2) is 9.78 Å². The van der Waals surface area contributed by atoms with Gasteiger partial charge >= 0.3 is 6.03 Å². The number of aliphatic hydroxyl groups is 2. The average Bonchev–Trinajstić information content (AvgIpc) is 2.82. The SMILES string of the molecule is CC1(O)CCN(c2cc([N+]3(C(N)=O)CCCc4cc(CO)c(C=O)nc43)ncc2C#N)CC1. The van der Waals surface area contributed by atoms with Crippen molar-refractivity contribution in [3.8, 4) is 6.07 Å². The van der Waals surface area contributed by atoms with Crippen molar-refractivity contribution >= 4 is 29.6 Å². The molecule has 0 radical (unpaired) electrons. The molecule has 2 aromatic heterocycles. The predicted octanol–water partition coefficient (Wildman–Crippen LogP) is 1.67. The summed E-state index contributed by atoms with van der Waals surface area (Å²) in [6, 6.07) is 4.85. The van der Waals surface area contributed by atoms with Crippen molar-refractivity contribution in [3.05, 3.63) is 40.7 Å². The third-order valence-electron chi connectivity index (χ3n) is 6.71. The number of fused-ring (bicyclic) bond motifs is 1. The number of aromatic nitrogens is 2. The van der Waals surface area contributed by atoms with Crippen LogP contribution in [0.1, 0.15) is 53.4 Å². The van der Waals surface area contributed by atoms with Crippen LogP contribution in [-0.2, 0) is 13.0 Å². The maximum Gasteiger partial charge on any atom is 0.426 e. The van der Waals surface area contributed by atoms with E-state index in [1.54, 1.807) is 19.1 Å². The Balaban J connectivity index is 1.88. The number of aldehydes is 1. The smallest absolute Gasteiger partial charge is 0.392 e. The number of carbonyl (C=O) groups is 2. The number of nitrogens with two attached hydrogens (primary N) is 1. The van der Waals surface area contributed by atoms with E-state index in [0.717, 1.165) is 5.56 Å². The Kier molecular flexibility index (Phi) is 5.88. The number of aryl methyl sites for hydroxylation is 1. The minimum absolute atomic E-state index is 0.0500. The summed E-state index contributed by atoms with van der Waals surface area (Å²) in [5.41, 5.74) is 7.33. The summed E-state index contributed by atoms with van der Waals surface area (Å²) >= 11 is 0. The molecule has 0 aliphatic carbocycles. The first-order valence-electron chi connectivity index (χ1n) is 10.9. The van der Waals surface area contributed by atoms with Crippen LogP contribution in [0.5, 0.6) is 0 Å². The first-order chi connectivity index (χ1) is 15.8. The van der Waals surface area contributed by atoms with Gasteiger partial charge in [-0.05, 0) is 32.3 Å². The van der Waals surface area contributed by atoms with Crippen LogP contribution in [0.2, 0.25) is 0 Å². The standard InChI is InChI=1S/C23H26N6O4/c1-23(33)4-6-28(7-5-23)19-10-20(26-12-17(19)11-24)29(22(25)32)8-2-3-15-9-16(13-30)18(14-31)27-21(15)29/h9-10,12,14,30,33H,2-8,13H2,1H3,(H-,25,32)/p+1. The number of piperidine rings is 1. The van der Waals surface area contributed by atoms with Crippen LogP contribution in [-0.4, -0.2) is 57.7 Å². The zero-order valence-electron chi connectivity index (χ0n) is 18.5. The highest BCUT2D eigenvalue weighted by molar-refractivity contribution is 5.93. The number of primary amides is 1. The Hall–Kier alpha value is -3.39. The number of aliphatic hydroxyl groups excluding tert-OH is 1. The molecule has 1 fully saturated rings. The Morgan fingerprint density at radius 1 is 1.39 bits per heavy atom. The van der Waals surface area contributed by atoms with Crippen LogP contribution >= 0.6 is 0 Å². The molecule has 10 heteroatoms. The second kappa shape index (κ2) is 8.51. The van der Waals surface area contributed by atoms with Crippen molar-refractivity contribution in [2.45, 2.75) is 44.8 Å². The van der Waals surface area contributed by atoms with Gasteiger partial charge in [0.15, 0.2) is 6.29 Å². The van der Waals surface area contributed by atoms with E-state index in [1.807, 2.05) is 4.90 Å². The summed E-state index contributed by atoms with van der Waals surface area (Å²) in [7, 11) is 0. The van der Waals surface area contributed by atoms with Gasteiger partial charge in [-0.2, -0.15) is 10.2 Å². The van der Waals surface area contributed by atoms with Crippen molar-refractivity contribution in [2.75, 3.05) is 24.5 Å². The summed E-state index contributed by atoms with van der Waals surface area (Å²) in [6.07, 6.45) is 4.30. The van der Waals surface area contributed by atoms with Gasteiger partial charge in [0.1, 0.15) is 18.3 Å². The molecule has 2 aliphatic rings. The summed E-state index contributed by atoms with van der Waals surface area (Å²) in [5, 5.41) is 29.6. The van der Waals surface area contributed by atoms with Gasteiger partial charge in [-0.15, -0.1) is 4.48 Å². The molecule has 0 aromatic carbocycles. The van der Waals surface area contributed by atoms with Crippen molar-refractivity contribution < 1.29 is 19.8 Å². The lowest BCUT2D eigenvalue weighted by atomic mass is 9.93. The number of nitrogens with zero attached hydrogens (tertiary/aromatic N) is 5. The number of rotatable bonds is 4. The van der Waals surface area contributed by atoms with Crippen LogP contribution < -0.4 is 15.1 Å². The minimum atomic E-state index is -0.758. The Morgan fingerprint density at radius 3 is 2.73 bits per heavy atom. The largest absolute Gasteiger partial charge is 0.426 e. The van der Waals surface area contributed by atoms with Crippen LogP contribution in [0, 0.1) is 11.3 Å². The Morgan fingerprint density at radius 2 is 2.12 bits per heavy atom. The number of pyridine rings is 2. The van der Waals surface area contributed by atoms with Gasteiger partial charge in [0, 0.05) is 36.7 Å².